The monoisotopic (exact) mass is 330 g/mol. The second-order valence-corrected chi connectivity index (χ2v) is 6.04. The number of nitrogens with one attached hydrogen (secondary N) is 1. The average molecular weight is 330 g/mol. The summed E-state index contributed by atoms with van der Waals surface area (Å²) >= 11 is 0. The zero-order valence-corrected chi connectivity index (χ0v) is 13.8. The lowest BCUT2D eigenvalue weighted by molar-refractivity contribution is 0.458. The van der Waals surface area contributed by atoms with Crippen LogP contribution in [0.1, 0.15) is 22.9 Å². The van der Waals surface area contributed by atoms with Gasteiger partial charge in [0.15, 0.2) is 0 Å². The van der Waals surface area contributed by atoms with Gasteiger partial charge < -0.3 is 14.8 Å². The van der Waals surface area contributed by atoms with Crippen LogP contribution in [0.2, 0.25) is 0 Å². The van der Waals surface area contributed by atoms with Crippen molar-refractivity contribution in [3.05, 3.63) is 90.0 Å². The number of hydrogen-bond donors (Lipinski definition) is 2. The minimum Gasteiger partial charge on any atom is -0.505 e. The van der Waals surface area contributed by atoms with E-state index in [2.05, 4.69) is 16.4 Å². The third-order valence-corrected chi connectivity index (χ3v) is 4.25. The Morgan fingerprint density at radius 3 is 2.76 bits per heavy atom. The number of aryl methyl sites for hydroxylation is 1. The Hall–Kier alpha value is -3.27. The number of nitrogens with zero attached hydrogens (tertiary/aromatic N) is 1. The van der Waals surface area contributed by atoms with Crippen LogP contribution in [-0.4, -0.2) is 10.1 Å². The standard InChI is InChI=1S/C21H18N2O2/c1-14-5-2-7-16(13-14)23-20(18-8-4-12-25-18)17-10-9-15-6-3-11-22-19(15)21(17)24/h2-13,20,23-24H,1H3. The summed E-state index contributed by atoms with van der Waals surface area (Å²) in [6.07, 6.45) is 3.32. The molecule has 2 N–H and O–H groups in total. The van der Waals surface area contributed by atoms with Gasteiger partial charge in [0.25, 0.3) is 0 Å². The first-order valence-corrected chi connectivity index (χ1v) is 8.15. The number of phenolic OH excluding ortho intramolecular Hbond substituents is 1. The van der Waals surface area contributed by atoms with Crippen LogP contribution < -0.4 is 5.32 Å². The largest absolute Gasteiger partial charge is 0.505 e. The number of phenols is 1. The van der Waals surface area contributed by atoms with E-state index in [0.29, 0.717) is 5.52 Å². The number of anilines is 1. The highest BCUT2D eigenvalue weighted by Gasteiger charge is 2.22. The van der Waals surface area contributed by atoms with Gasteiger partial charge in [-0.15, -0.1) is 0 Å². The van der Waals surface area contributed by atoms with Crippen molar-refractivity contribution < 1.29 is 9.52 Å². The second-order valence-electron chi connectivity index (χ2n) is 6.04. The van der Waals surface area contributed by atoms with Gasteiger partial charge in [0, 0.05) is 22.8 Å². The van der Waals surface area contributed by atoms with Crippen LogP contribution in [0.25, 0.3) is 10.9 Å². The summed E-state index contributed by atoms with van der Waals surface area (Å²) in [4.78, 5) is 4.32. The number of benzene rings is 2. The van der Waals surface area contributed by atoms with Gasteiger partial charge in [0.1, 0.15) is 23.1 Å². The van der Waals surface area contributed by atoms with E-state index in [4.69, 9.17) is 4.42 Å². The van der Waals surface area contributed by atoms with E-state index in [-0.39, 0.29) is 11.8 Å². The maximum atomic E-state index is 10.8. The molecule has 0 aliphatic carbocycles. The molecule has 2 aromatic carbocycles. The summed E-state index contributed by atoms with van der Waals surface area (Å²) in [5.74, 6) is 0.895. The fraction of sp³-hybridized carbons (Fsp3) is 0.0952. The summed E-state index contributed by atoms with van der Waals surface area (Å²) < 4.78 is 5.63. The van der Waals surface area contributed by atoms with Gasteiger partial charge in [0.2, 0.25) is 0 Å². The molecule has 124 valence electrons. The molecule has 2 aromatic heterocycles. The summed E-state index contributed by atoms with van der Waals surface area (Å²) in [7, 11) is 0. The highest BCUT2D eigenvalue weighted by Crippen LogP contribution is 2.36. The van der Waals surface area contributed by atoms with Crippen LogP contribution in [0.3, 0.4) is 0 Å². The van der Waals surface area contributed by atoms with Crippen LogP contribution in [0.15, 0.2) is 77.5 Å². The summed E-state index contributed by atoms with van der Waals surface area (Å²) in [5, 5.41) is 15.2. The predicted molar refractivity (Wildman–Crippen MR) is 98.8 cm³/mol. The van der Waals surface area contributed by atoms with Gasteiger partial charge in [-0.2, -0.15) is 0 Å². The maximum absolute atomic E-state index is 10.8. The molecule has 0 spiro atoms. The molecule has 0 radical (unpaired) electrons. The van der Waals surface area contributed by atoms with Crippen molar-refractivity contribution >= 4 is 16.6 Å². The van der Waals surface area contributed by atoms with E-state index in [1.54, 1.807) is 12.5 Å². The molecule has 0 saturated carbocycles. The van der Waals surface area contributed by atoms with E-state index in [0.717, 1.165) is 28.0 Å². The van der Waals surface area contributed by atoms with Gasteiger partial charge in [-0.1, -0.05) is 30.3 Å². The molecule has 0 aliphatic rings. The van der Waals surface area contributed by atoms with Gasteiger partial charge >= 0.3 is 0 Å². The second kappa shape index (κ2) is 6.32. The molecule has 0 aliphatic heterocycles. The van der Waals surface area contributed by atoms with Crippen molar-refractivity contribution in [2.24, 2.45) is 0 Å². The molecule has 2 heterocycles. The lowest BCUT2D eigenvalue weighted by atomic mass is 10.00. The minimum absolute atomic E-state index is 0.166. The van der Waals surface area contributed by atoms with Crippen molar-refractivity contribution in [1.82, 2.24) is 4.98 Å². The molecule has 0 bridgehead atoms. The molecule has 4 heteroatoms. The van der Waals surface area contributed by atoms with Crippen LogP contribution in [0.5, 0.6) is 5.75 Å². The first kappa shape index (κ1) is 15.3. The number of fused-ring (bicyclic) bond motifs is 1. The Balaban J connectivity index is 1.83. The normalized spacial score (nSPS) is 12.2. The average Bonchev–Trinajstić information content (AvgIpc) is 3.15. The highest BCUT2D eigenvalue weighted by molar-refractivity contribution is 5.85. The van der Waals surface area contributed by atoms with Crippen molar-refractivity contribution in [1.29, 1.82) is 0 Å². The molecular formula is C21H18N2O2. The lowest BCUT2D eigenvalue weighted by Crippen LogP contribution is -2.12. The SMILES string of the molecule is Cc1cccc(NC(c2ccco2)c2ccc3cccnc3c2O)c1. The fourth-order valence-electron chi connectivity index (χ4n) is 3.04. The van der Waals surface area contributed by atoms with Crippen LogP contribution >= 0.6 is 0 Å². The molecule has 4 aromatic rings. The zero-order chi connectivity index (χ0) is 17.2. The van der Waals surface area contributed by atoms with Crippen LogP contribution in [0, 0.1) is 6.92 Å². The quantitative estimate of drug-likeness (QED) is 0.550. The van der Waals surface area contributed by atoms with Crippen molar-refractivity contribution in [3.63, 3.8) is 0 Å². The van der Waals surface area contributed by atoms with E-state index in [1.807, 2.05) is 61.5 Å². The number of hydrogen-bond acceptors (Lipinski definition) is 4. The molecule has 4 rings (SSSR count). The van der Waals surface area contributed by atoms with E-state index in [1.165, 1.54) is 0 Å². The molecule has 0 amide bonds. The minimum atomic E-state index is -0.316. The van der Waals surface area contributed by atoms with Crippen molar-refractivity contribution in [3.8, 4) is 5.75 Å². The lowest BCUT2D eigenvalue weighted by Gasteiger charge is -2.20. The molecule has 0 saturated heterocycles. The van der Waals surface area contributed by atoms with E-state index < -0.39 is 0 Å². The van der Waals surface area contributed by atoms with E-state index >= 15 is 0 Å². The third kappa shape index (κ3) is 2.94. The molecule has 25 heavy (non-hydrogen) atoms. The molecule has 1 unspecified atom stereocenters. The molecule has 0 fully saturated rings. The summed E-state index contributed by atoms with van der Waals surface area (Å²) in [5.41, 5.74) is 3.43. The summed E-state index contributed by atoms with van der Waals surface area (Å²) in [6.45, 7) is 2.05. The third-order valence-electron chi connectivity index (χ3n) is 4.25. The van der Waals surface area contributed by atoms with Crippen LogP contribution in [0.4, 0.5) is 5.69 Å². The first-order valence-electron chi connectivity index (χ1n) is 8.15. The van der Waals surface area contributed by atoms with Crippen LogP contribution in [-0.2, 0) is 0 Å². The molecule has 1 atom stereocenters. The smallest absolute Gasteiger partial charge is 0.147 e. The van der Waals surface area contributed by atoms with Crippen molar-refractivity contribution in [2.45, 2.75) is 13.0 Å². The number of furan rings is 1. The first-order chi connectivity index (χ1) is 12.2. The Kier molecular flexibility index (Phi) is 3.86. The predicted octanol–water partition coefficient (Wildman–Crippen LogP) is 5.04. The molecule has 4 nitrogen and oxygen atoms in total. The van der Waals surface area contributed by atoms with E-state index in [9.17, 15) is 5.11 Å². The number of pyridine rings is 1. The zero-order valence-electron chi connectivity index (χ0n) is 13.8. The van der Waals surface area contributed by atoms with Crippen molar-refractivity contribution in [2.75, 3.05) is 5.32 Å². The Morgan fingerprint density at radius 1 is 1.04 bits per heavy atom. The van der Waals surface area contributed by atoms with Gasteiger partial charge in [0.05, 0.1) is 6.26 Å². The number of aromatic nitrogens is 1. The van der Waals surface area contributed by atoms with Gasteiger partial charge in [-0.25, -0.2) is 0 Å². The number of rotatable bonds is 4. The Bertz CT molecular complexity index is 1010. The van der Waals surface area contributed by atoms with Gasteiger partial charge in [-0.3, -0.25) is 4.98 Å². The molecular weight excluding hydrogens is 312 g/mol. The summed E-state index contributed by atoms with van der Waals surface area (Å²) in [6, 6.07) is 19.2. The fourth-order valence-corrected chi connectivity index (χ4v) is 3.04. The Morgan fingerprint density at radius 2 is 1.96 bits per heavy atom. The highest BCUT2D eigenvalue weighted by atomic mass is 16.3. The van der Waals surface area contributed by atoms with Gasteiger partial charge in [-0.05, 0) is 42.8 Å². The topological polar surface area (TPSA) is 58.3 Å². The Labute approximate surface area is 145 Å². The number of aromatic hydroxyl groups is 1. The maximum Gasteiger partial charge on any atom is 0.147 e.